The molecule has 0 atom stereocenters. The van der Waals surface area contributed by atoms with Gasteiger partial charge in [-0.15, -0.1) is 0 Å². The number of rotatable bonds is 0. The first-order valence-corrected chi connectivity index (χ1v) is 3.40. The summed E-state index contributed by atoms with van der Waals surface area (Å²) in [6.07, 6.45) is 0. The zero-order valence-corrected chi connectivity index (χ0v) is 5.96. The molecule has 11 heavy (non-hydrogen) atoms. The number of aromatic amines is 1. The third-order valence-corrected chi connectivity index (χ3v) is 1.78. The molecule has 4 radical (unpaired) electrons. The minimum absolute atomic E-state index is 0.637. The predicted molar refractivity (Wildman–Crippen MR) is 49.1 cm³/mol. The summed E-state index contributed by atoms with van der Waals surface area (Å²) in [5, 5.41) is 1.98. The van der Waals surface area contributed by atoms with E-state index in [1.807, 2.05) is 24.3 Å². The third-order valence-electron chi connectivity index (χ3n) is 1.78. The van der Waals surface area contributed by atoms with E-state index in [0.717, 1.165) is 10.8 Å². The maximum Gasteiger partial charge on any atom is 0.139 e. The van der Waals surface area contributed by atoms with Crippen LogP contribution in [0.25, 0.3) is 10.8 Å². The molecule has 0 saturated carbocycles. The van der Waals surface area contributed by atoms with Crippen molar-refractivity contribution in [2.75, 3.05) is 0 Å². The number of nitrogens with one attached hydrogen (secondary N) is 1. The van der Waals surface area contributed by atoms with E-state index in [2.05, 4.69) is 4.98 Å². The maximum absolute atomic E-state index is 5.64. The lowest BCUT2D eigenvalue weighted by molar-refractivity contribution is 1.55. The van der Waals surface area contributed by atoms with Crippen LogP contribution < -0.4 is 11.2 Å². The molecule has 0 aliphatic heterocycles. The number of benzene rings is 1. The lowest BCUT2D eigenvalue weighted by atomic mass is 9.97. The van der Waals surface area contributed by atoms with E-state index < -0.39 is 0 Å². The van der Waals surface area contributed by atoms with E-state index in [4.69, 9.17) is 15.7 Å². The summed E-state index contributed by atoms with van der Waals surface area (Å²) in [6.45, 7) is 0. The van der Waals surface area contributed by atoms with Crippen LogP contribution in [0.5, 0.6) is 0 Å². The Kier molecular flexibility index (Phi) is 1.31. The molecule has 0 unspecified atom stereocenters. The summed E-state index contributed by atoms with van der Waals surface area (Å²) in [5.41, 5.74) is 1.27. The number of hydrogen-bond donors (Lipinski definition) is 1. The molecule has 1 aromatic carbocycles. The molecule has 3 heteroatoms. The van der Waals surface area contributed by atoms with Crippen molar-refractivity contribution >= 4 is 37.7 Å². The van der Waals surface area contributed by atoms with Gasteiger partial charge in [0.2, 0.25) is 0 Å². The summed E-state index contributed by atoms with van der Waals surface area (Å²) in [7, 11) is 11.3. The maximum atomic E-state index is 5.64. The second-order valence-corrected chi connectivity index (χ2v) is 2.50. The summed E-state index contributed by atoms with van der Waals surface area (Å²) >= 11 is 0. The Morgan fingerprint density at radius 2 is 1.36 bits per heavy atom. The number of aromatic nitrogens is 1. The molecule has 1 nitrogen and oxygen atoms in total. The topological polar surface area (TPSA) is 15.8 Å². The quantitative estimate of drug-likeness (QED) is 0.482. The van der Waals surface area contributed by atoms with Crippen LogP contribution in [0.3, 0.4) is 0 Å². The standard InChI is InChI=1S/C8H5B2N/c9-7-5-3-1-2-4-6(5)8(10)11-7/h1-4,11H. The Balaban J connectivity index is 2.95. The molecule has 1 N–H and O–H groups in total. The second-order valence-electron chi connectivity index (χ2n) is 2.50. The highest BCUT2D eigenvalue weighted by molar-refractivity contribution is 6.45. The van der Waals surface area contributed by atoms with Crippen LogP contribution in [-0.4, -0.2) is 20.7 Å². The molecule has 0 saturated heterocycles. The van der Waals surface area contributed by atoms with Gasteiger partial charge >= 0.3 is 0 Å². The molecule has 1 aromatic heterocycles. The molecule has 0 bridgehead atoms. The monoisotopic (exact) mass is 137 g/mol. The highest BCUT2D eigenvalue weighted by Crippen LogP contribution is 2.05. The van der Waals surface area contributed by atoms with Crippen molar-refractivity contribution in [2.45, 2.75) is 0 Å². The van der Waals surface area contributed by atoms with Gasteiger partial charge in [-0.25, -0.2) is 0 Å². The van der Waals surface area contributed by atoms with Gasteiger partial charge in [0.25, 0.3) is 0 Å². The van der Waals surface area contributed by atoms with Gasteiger partial charge in [-0.1, -0.05) is 24.3 Å². The van der Waals surface area contributed by atoms with Crippen LogP contribution in [-0.2, 0) is 0 Å². The van der Waals surface area contributed by atoms with Crippen LogP contribution in [0.1, 0.15) is 0 Å². The first kappa shape index (κ1) is 6.59. The zero-order valence-electron chi connectivity index (χ0n) is 5.96. The van der Waals surface area contributed by atoms with Crippen molar-refractivity contribution in [1.82, 2.24) is 4.98 Å². The minimum atomic E-state index is 0.637. The Hall–Kier alpha value is -1.11. The minimum Gasteiger partial charge on any atom is -0.380 e. The summed E-state index contributed by atoms with van der Waals surface area (Å²) in [4.78, 5) is 2.87. The second kappa shape index (κ2) is 2.19. The molecular formula is C8H5B2N. The predicted octanol–water partition coefficient (Wildman–Crippen LogP) is -0.245. The summed E-state index contributed by atoms with van der Waals surface area (Å²) < 4.78 is 0. The zero-order chi connectivity index (χ0) is 7.84. The highest BCUT2D eigenvalue weighted by atomic mass is 14.7. The highest BCUT2D eigenvalue weighted by Gasteiger charge is 1.99. The Morgan fingerprint density at radius 3 is 1.82 bits per heavy atom. The Labute approximate surface area is 67.6 Å². The molecule has 2 aromatic rings. The Bertz CT molecular complexity index is 356. The van der Waals surface area contributed by atoms with E-state index in [0.29, 0.717) is 11.2 Å². The fourth-order valence-electron chi connectivity index (χ4n) is 1.23. The molecule has 0 aliphatic carbocycles. The van der Waals surface area contributed by atoms with Crippen molar-refractivity contribution in [3.05, 3.63) is 24.3 Å². The molecule has 2 rings (SSSR count). The fourth-order valence-corrected chi connectivity index (χ4v) is 1.23. The van der Waals surface area contributed by atoms with Crippen LogP contribution >= 0.6 is 0 Å². The SMILES string of the molecule is [B]c1[nH]c([B])c2ccccc12. The van der Waals surface area contributed by atoms with Crippen molar-refractivity contribution in [3.63, 3.8) is 0 Å². The van der Waals surface area contributed by atoms with E-state index in [1.165, 1.54) is 0 Å². The fraction of sp³-hybridized carbons (Fsp3) is 0. The van der Waals surface area contributed by atoms with Crippen molar-refractivity contribution in [3.8, 4) is 0 Å². The van der Waals surface area contributed by atoms with E-state index in [-0.39, 0.29) is 0 Å². The molecule has 0 spiro atoms. The number of fused-ring (bicyclic) bond motifs is 1. The van der Waals surface area contributed by atoms with Gasteiger partial charge in [-0.3, -0.25) is 0 Å². The van der Waals surface area contributed by atoms with E-state index in [9.17, 15) is 0 Å². The van der Waals surface area contributed by atoms with Gasteiger partial charge in [0.05, 0.1) is 0 Å². The van der Waals surface area contributed by atoms with Crippen LogP contribution in [0.15, 0.2) is 24.3 Å². The van der Waals surface area contributed by atoms with E-state index in [1.54, 1.807) is 0 Å². The normalized spacial score (nSPS) is 10.5. The van der Waals surface area contributed by atoms with Gasteiger partial charge in [0.15, 0.2) is 0 Å². The lowest BCUT2D eigenvalue weighted by Crippen LogP contribution is -2.10. The average Bonchev–Trinajstić information content (AvgIpc) is 2.30. The first-order chi connectivity index (χ1) is 5.29. The van der Waals surface area contributed by atoms with Crippen molar-refractivity contribution < 1.29 is 0 Å². The van der Waals surface area contributed by atoms with Crippen LogP contribution in [0.2, 0.25) is 0 Å². The smallest absolute Gasteiger partial charge is 0.139 e. The van der Waals surface area contributed by atoms with Crippen molar-refractivity contribution in [2.24, 2.45) is 0 Å². The third kappa shape index (κ3) is 0.881. The molecule has 0 fully saturated rings. The largest absolute Gasteiger partial charge is 0.380 e. The molecule has 0 amide bonds. The van der Waals surface area contributed by atoms with Gasteiger partial charge in [-0.05, 0) is 22.0 Å². The van der Waals surface area contributed by atoms with Gasteiger partial charge in [0, 0.05) is 0 Å². The van der Waals surface area contributed by atoms with Crippen LogP contribution in [0, 0.1) is 0 Å². The van der Waals surface area contributed by atoms with Gasteiger partial charge < -0.3 is 4.98 Å². The summed E-state index contributed by atoms with van der Waals surface area (Å²) in [5.74, 6) is 0. The number of H-pyrrole nitrogens is 1. The first-order valence-electron chi connectivity index (χ1n) is 3.40. The molecule has 0 aliphatic rings. The van der Waals surface area contributed by atoms with E-state index >= 15 is 0 Å². The van der Waals surface area contributed by atoms with Crippen molar-refractivity contribution in [1.29, 1.82) is 0 Å². The number of hydrogen-bond acceptors (Lipinski definition) is 0. The molecule has 48 valence electrons. The average molecular weight is 137 g/mol. The lowest BCUT2D eigenvalue weighted by Gasteiger charge is -1.88. The Morgan fingerprint density at radius 1 is 0.909 bits per heavy atom. The van der Waals surface area contributed by atoms with Crippen LogP contribution in [0.4, 0.5) is 0 Å². The molecule has 1 heterocycles. The summed E-state index contributed by atoms with van der Waals surface area (Å²) in [6, 6.07) is 7.76. The van der Waals surface area contributed by atoms with Gasteiger partial charge in [0.1, 0.15) is 15.7 Å². The van der Waals surface area contributed by atoms with Gasteiger partial charge in [-0.2, -0.15) is 0 Å². The molecular weight excluding hydrogens is 132 g/mol.